The largest absolute Gasteiger partial charge is 0.357 e. The van der Waals surface area contributed by atoms with Crippen molar-refractivity contribution in [3.8, 4) is 0 Å². The lowest BCUT2D eigenvalue weighted by Crippen LogP contribution is -2.35. The highest BCUT2D eigenvalue weighted by molar-refractivity contribution is 6.30. The number of hydrogen-bond donors (Lipinski definition) is 3. The topological polar surface area (TPSA) is 98.2 Å². The molecule has 2 aromatic carbocycles. The zero-order valence-electron chi connectivity index (χ0n) is 18.0. The second kappa shape index (κ2) is 11.4. The molecule has 7 nitrogen and oxygen atoms in total. The van der Waals surface area contributed by atoms with Crippen molar-refractivity contribution >= 4 is 40.8 Å². The van der Waals surface area contributed by atoms with Crippen molar-refractivity contribution in [2.75, 3.05) is 23.7 Å². The van der Waals surface area contributed by atoms with Crippen molar-refractivity contribution in [2.24, 2.45) is 0 Å². The summed E-state index contributed by atoms with van der Waals surface area (Å²) in [6.07, 6.45) is 4.85. The minimum atomic E-state index is -0.397. The maximum absolute atomic E-state index is 12.8. The third kappa shape index (κ3) is 5.99. The monoisotopic (exact) mass is 477 g/mol. The van der Waals surface area contributed by atoms with Crippen molar-refractivity contribution in [1.29, 1.82) is 5.41 Å². The van der Waals surface area contributed by atoms with E-state index in [0.717, 1.165) is 31.5 Å². The molecule has 3 N–H and O–H groups in total. The predicted octanol–water partition coefficient (Wildman–Crippen LogP) is 5.69. The van der Waals surface area contributed by atoms with Crippen molar-refractivity contribution in [2.45, 2.75) is 26.7 Å². The molecule has 1 aliphatic heterocycles. The van der Waals surface area contributed by atoms with Gasteiger partial charge in [-0.2, -0.15) is 0 Å². The first-order valence-corrected chi connectivity index (χ1v) is 11.2. The average Bonchev–Trinajstić information content (AvgIpc) is 2.86. The van der Waals surface area contributed by atoms with E-state index in [1.807, 2.05) is 0 Å². The Balaban J connectivity index is 0.00000324. The molecule has 0 aliphatic carbocycles. The van der Waals surface area contributed by atoms with Crippen LogP contribution in [0.4, 0.5) is 11.5 Å². The lowest BCUT2D eigenvalue weighted by atomic mass is 10.1. The Bertz CT molecular complexity index is 1160. The molecule has 34 heavy (non-hydrogen) atoms. The number of anilines is 2. The number of nitrogens with zero attached hydrogens (tertiary/aromatic N) is 2. The highest BCUT2D eigenvalue weighted by Gasteiger charge is 2.17. The fourth-order valence-electron chi connectivity index (χ4n) is 3.70. The van der Waals surface area contributed by atoms with Gasteiger partial charge in [-0.05, 0) is 55.7 Å². The summed E-state index contributed by atoms with van der Waals surface area (Å²) in [5, 5.41) is 14.4. The minimum absolute atomic E-state index is 0. The Morgan fingerprint density at radius 2 is 1.53 bits per heavy atom. The van der Waals surface area contributed by atoms with E-state index in [4.69, 9.17) is 17.0 Å². The molecule has 176 valence electrons. The van der Waals surface area contributed by atoms with E-state index in [0.29, 0.717) is 33.5 Å². The van der Waals surface area contributed by atoms with Crippen LogP contribution in [-0.2, 0) is 0 Å². The predicted molar refractivity (Wildman–Crippen MR) is 137 cm³/mol. The number of para-hydroxylation sites is 1. The molecule has 4 rings (SSSR count). The van der Waals surface area contributed by atoms with E-state index in [1.54, 1.807) is 60.7 Å². The number of rotatable bonds is 5. The van der Waals surface area contributed by atoms with Crippen LogP contribution in [0, 0.1) is 5.41 Å². The van der Waals surface area contributed by atoms with Crippen LogP contribution in [0.3, 0.4) is 0 Å². The van der Waals surface area contributed by atoms with Crippen molar-refractivity contribution < 1.29 is 9.59 Å². The summed E-state index contributed by atoms with van der Waals surface area (Å²) in [6, 6.07) is 17.0. The first kappa shape index (κ1) is 24.9. The van der Waals surface area contributed by atoms with E-state index in [2.05, 4.69) is 20.5 Å². The van der Waals surface area contributed by atoms with E-state index >= 15 is 0 Å². The Morgan fingerprint density at radius 3 is 2.21 bits per heavy atom. The van der Waals surface area contributed by atoms with Crippen LogP contribution < -0.4 is 10.6 Å². The summed E-state index contributed by atoms with van der Waals surface area (Å²) in [4.78, 5) is 31.7. The molecule has 1 aromatic heterocycles. The highest BCUT2D eigenvalue weighted by atomic mass is 35.5. The zero-order chi connectivity index (χ0) is 23.2. The first-order valence-electron chi connectivity index (χ1n) is 10.8. The van der Waals surface area contributed by atoms with Crippen molar-refractivity contribution in [1.82, 2.24) is 9.88 Å². The third-order valence-corrected chi connectivity index (χ3v) is 5.71. The van der Waals surface area contributed by atoms with Crippen LogP contribution in [0.25, 0.3) is 0 Å². The summed E-state index contributed by atoms with van der Waals surface area (Å²) < 4.78 is 0. The molecule has 1 saturated heterocycles. The number of halogens is 1. The van der Waals surface area contributed by atoms with Gasteiger partial charge in [-0.15, -0.1) is 0 Å². The van der Waals surface area contributed by atoms with Gasteiger partial charge in [0.1, 0.15) is 11.7 Å². The first-order chi connectivity index (χ1) is 16.0. The molecule has 0 spiro atoms. The molecular formula is C26H28ClN5O2. The standard InChI is InChI=1S/C25H24ClN5O2.CH4/c26-19-12-13-22(28-16-19)30-25(33)20-6-2-3-7-21(20)29-24(32)18-10-8-17(9-11-18)23(27)31-14-4-1-5-15-31;/h2-3,6-13,16,27H,1,4-5,14-15H2,(H,29,32)(H,28,30,33);1H4. The van der Waals surface area contributed by atoms with E-state index < -0.39 is 5.91 Å². The van der Waals surface area contributed by atoms with Crippen LogP contribution in [0.1, 0.15) is 53.0 Å². The van der Waals surface area contributed by atoms with Crippen LogP contribution in [0.5, 0.6) is 0 Å². The second-order valence-corrected chi connectivity index (χ2v) is 8.23. The number of likely N-dealkylation sites (tertiary alicyclic amines) is 1. The number of benzene rings is 2. The number of pyridine rings is 1. The Hall–Kier alpha value is -3.71. The summed E-state index contributed by atoms with van der Waals surface area (Å²) in [6.45, 7) is 1.79. The van der Waals surface area contributed by atoms with Crippen molar-refractivity contribution in [3.63, 3.8) is 0 Å². The third-order valence-electron chi connectivity index (χ3n) is 5.48. The van der Waals surface area contributed by atoms with E-state index in [1.165, 1.54) is 12.6 Å². The Kier molecular flexibility index (Phi) is 8.38. The number of hydrogen-bond acceptors (Lipinski definition) is 4. The van der Waals surface area contributed by atoms with Gasteiger partial charge in [0.2, 0.25) is 0 Å². The van der Waals surface area contributed by atoms with Gasteiger partial charge in [0, 0.05) is 30.4 Å². The highest BCUT2D eigenvalue weighted by Crippen LogP contribution is 2.19. The SMILES string of the molecule is C.N=C(c1ccc(C(=O)Nc2ccccc2C(=O)Nc2ccc(Cl)cn2)cc1)N1CCCCC1. The lowest BCUT2D eigenvalue weighted by Gasteiger charge is -2.29. The van der Waals surface area contributed by atoms with Gasteiger partial charge in [-0.3, -0.25) is 15.0 Å². The normalized spacial score (nSPS) is 12.9. The summed E-state index contributed by atoms with van der Waals surface area (Å²) in [5.41, 5.74) is 1.92. The maximum atomic E-state index is 12.8. The molecule has 8 heteroatoms. The molecule has 1 aliphatic rings. The van der Waals surface area contributed by atoms with Gasteiger partial charge in [-0.1, -0.05) is 43.3 Å². The number of amidine groups is 1. The molecule has 1 fully saturated rings. The summed E-state index contributed by atoms with van der Waals surface area (Å²) >= 11 is 5.84. The fourth-order valence-corrected chi connectivity index (χ4v) is 3.81. The van der Waals surface area contributed by atoms with Gasteiger partial charge in [0.15, 0.2) is 0 Å². The van der Waals surface area contributed by atoms with Crippen LogP contribution >= 0.6 is 11.6 Å². The van der Waals surface area contributed by atoms with Crippen molar-refractivity contribution in [3.05, 3.63) is 88.6 Å². The number of aromatic nitrogens is 1. The molecule has 0 unspecified atom stereocenters. The smallest absolute Gasteiger partial charge is 0.258 e. The quantitative estimate of drug-likeness (QED) is 0.325. The average molecular weight is 478 g/mol. The summed E-state index contributed by atoms with van der Waals surface area (Å²) in [7, 11) is 0. The number of carbonyl (C=O) groups excluding carboxylic acids is 2. The number of piperidine rings is 1. The van der Waals surface area contributed by atoms with Gasteiger partial charge >= 0.3 is 0 Å². The van der Waals surface area contributed by atoms with Gasteiger partial charge in [0.25, 0.3) is 11.8 Å². The van der Waals surface area contributed by atoms with E-state index in [-0.39, 0.29) is 13.3 Å². The number of amides is 2. The Morgan fingerprint density at radius 1 is 0.853 bits per heavy atom. The molecule has 2 amide bonds. The lowest BCUT2D eigenvalue weighted by molar-refractivity contribution is 0.102. The molecule has 0 saturated carbocycles. The Labute approximate surface area is 204 Å². The summed E-state index contributed by atoms with van der Waals surface area (Å²) in [5.74, 6) is 0.110. The molecule has 0 radical (unpaired) electrons. The number of nitrogens with one attached hydrogen (secondary N) is 3. The second-order valence-electron chi connectivity index (χ2n) is 7.79. The molecule has 0 atom stereocenters. The fraction of sp³-hybridized carbons (Fsp3) is 0.231. The molecule has 2 heterocycles. The molecule has 3 aromatic rings. The van der Waals surface area contributed by atoms with Gasteiger partial charge in [0.05, 0.1) is 16.3 Å². The van der Waals surface area contributed by atoms with Gasteiger partial charge in [-0.25, -0.2) is 4.98 Å². The minimum Gasteiger partial charge on any atom is -0.357 e. The van der Waals surface area contributed by atoms with Gasteiger partial charge < -0.3 is 15.5 Å². The molecule has 0 bridgehead atoms. The van der Waals surface area contributed by atoms with Crippen LogP contribution in [0.15, 0.2) is 66.9 Å². The number of carbonyl (C=O) groups is 2. The van der Waals surface area contributed by atoms with E-state index in [9.17, 15) is 9.59 Å². The molecular weight excluding hydrogens is 450 g/mol. The maximum Gasteiger partial charge on any atom is 0.258 e. The van der Waals surface area contributed by atoms with Crippen LogP contribution in [-0.4, -0.2) is 40.6 Å². The van der Waals surface area contributed by atoms with Crippen LogP contribution in [0.2, 0.25) is 5.02 Å². The zero-order valence-corrected chi connectivity index (χ0v) is 18.7.